The molecule has 0 saturated carbocycles. The second-order valence-electron chi connectivity index (χ2n) is 4.71. The standard InChI is InChI=1S/C15H12ClN5OS/c16-11-6-4-10(5-7-11)14-19-20-15(23)21(14)9-13(22)18-12-3-1-2-8-17-12/h1-8H,9H2,(H,20,23)(H,17,18,22). The van der Waals surface area contributed by atoms with Crippen LogP contribution < -0.4 is 5.32 Å². The van der Waals surface area contributed by atoms with Crippen molar-refractivity contribution >= 4 is 35.5 Å². The molecular weight excluding hydrogens is 334 g/mol. The Morgan fingerprint density at radius 2 is 2.04 bits per heavy atom. The summed E-state index contributed by atoms with van der Waals surface area (Å²) in [6.07, 6.45) is 1.61. The predicted molar refractivity (Wildman–Crippen MR) is 90.7 cm³/mol. The van der Waals surface area contributed by atoms with Gasteiger partial charge >= 0.3 is 0 Å². The smallest absolute Gasteiger partial charge is 0.245 e. The molecule has 0 fully saturated rings. The molecule has 0 aliphatic carbocycles. The number of halogens is 1. The highest BCUT2D eigenvalue weighted by Crippen LogP contribution is 2.20. The van der Waals surface area contributed by atoms with E-state index in [0.717, 1.165) is 5.56 Å². The van der Waals surface area contributed by atoms with Crippen LogP contribution in [0.3, 0.4) is 0 Å². The van der Waals surface area contributed by atoms with Gasteiger partial charge in [-0.25, -0.2) is 4.98 Å². The summed E-state index contributed by atoms with van der Waals surface area (Å²) in [4.78, 5) is 16.2. The van der Waals surface area contributed by atoms with Gasteiger partial charge in [-0.05, 0) is 48.6 Å². The number of hydrogen-bond acceptors (Lipinski definition) is 4. The van der Waals surface area contributed by atoms with Crippen molar-refractivity contribution in [2.24, 2.45) is 0 Å². The number of amides is 1. The molecule has 0 aliphatic heterocycles. The number of aromatic nitrogens is 4. The zero-order valence-electron chi connectivity index (χ0n) is 11.9. The van der Waals surface area contributed by atoms with Gasteiger partial charge < -0.3 is 5.32 Å². The summed E-state index contributed by atoms with van der Waals surface area (Å²) in [6, 6.07) is 12.4. The Bertz CT molecular complexity index is 873. The van der Waals surface area contributed by atoms with Crippen LogP contribution in [-0.2, 0) is 11.3 Å². The normalized spacial score (nSPS) is 10.5. The number of aromatic amines is 1. The number of hydrogen-bond donors (Lipinski definition) is 2. The molecule has 1 aromatic carbocycles. The van der Waals surface area contributed by atoms with E-state index in [0.29, 0.717) is 21.4 Å². The number of nitrogens with zero attached hydrogens (tertiary/aromatic N) is 3. The monoisotopic (exact) mass is 345 g/mol. The summed E-state index contributed by atoms with van der Waals surface area (Å²) < 4.78 is 1.99. The summed E-state index contributed by atoms with van der Waals surface area (Å²) in [5, 5.41) is 10.2. The Hall–Kier alpha value is -2.51. The second-order valence-corrected chi connectivity index (χ2v) is 5.53. The molecule has 3 aromatic rings. The summed E-state index contributed by atoms with van der Waals surface area (Å²) in [7, 11) is 0. The molecule has 3 rings (SSSR count). The van der Waals surface area contributed by atoms with E-state index in [9.17, 15) is 4.79 Å². The first-order valence-electron chi connectivity index (χ1n) is 6.75. The molecule has 23 heavy (non-hydrogen) atoms. The number of benzene rings is 1. The van der Waals surface area contributed by atoms with E-state index in [-0.39, 0.29) is 12.5 Å². The lowest BCUT2D eigenvalue weighted by atomic mass is 10.2. The van der Waals surface area contributed by atoms with Crippen molar-refractivity contribution in [1.82, 2.24) is 19.7 Å². The SMILES string of the molecule is O=C(Cn1c(-c2ccc(Cl)cc2)n[nH]c1=S)Nc1ccccn1. The zero-order chi connectivity index (χ0) is 16.2. The van der Waals surface area contributed by atoms with E-state index in [4.69, 9.17) is 23.8 Å². The molecule has 0 aliphatic rings. The van der Waals surface area contributed by atoms with Crippen molar-refractivity contribution in [3.63, 3.8) is 0 Å². The molecule has 116 valence electrons. The van der Waals surface area contributed by atoms with Crippen LogP contribution in [0.5, 0.6) is 0 Å². The Balaban J connectivity index is 1.83. The first-order chi connectivity index (χ1) is 11.1. The molecule has 0 saturated heterocycles. The van der Waals surface area contributed by atoms with Gasteiger partial charge in [-0.15, -0.1) is 0 Å². The van der Waals surface area contributed by atoms with Crippen LogP contribution >= 0.6 is 23.8 Å². The fraction of sp³-hybridized carbons (Fsp3) is 0.0667. The summed E-state index contributed by atoms with van der Waals surface area (Å²) in [5.41, 5.74) is 0.812. The highest BCUT2D eigenvalue weighted by molar-refractivity contribution is 7.71. The Morgan fingerprint density at radius 1 is 1.26 bits per heavy atom. The molecule has 0 radical (unpaired) electrons. The molecule has 0 spiro atoms. The van der Waals surface area contributed by atoms with Crippen molar-refractivity contribution in [2.75, 3.05) is 5.32 Å². The third kappa shape index (κ3) is 3.64. The maximum Gasteiger partial charge on any atom is 0.245 e. The predicted octanol–water partition coefficient (Wildman–Crippen LogP) is 3.29. The van der Waals surface area contributed by atoms with Gasteiger partial charge in [0.1, 0.15) is 12.4 Å². The van der Waals surface area contributed by atoms with E-state index >= 15 is 0 Å². The maximum absolute atomic E-state index is 12.2. The first kappa shape index (κ1) is 15.4. The van der Waals surface area contributed by atoms with Gasteiger partial charge in [0, 0.05) is 16.8 Å². The van der Waals surface area contributed by atoms with Gasteiger partial charge in [-0.2, -0.15) is 5.10 Å². The molecule has 0 atom stereocenters. The Labute approximate surface area is 142 Å². The van der Waals surface area contributed by atoms with E-state index in [2.05, 4.69) is 20.5 Å². The number of rotatable bonds is 4. The van der Waals surface area contributed by atoms with Gasteiger partial charge in [0.15, 0.2) is 10.6 Å². The van der Waals surface area contributed by atoms with Crippen molar-refractivity contribution in [3.8, 4) is 11.4 Å². The highest BCUT2D eigenvalue weighted by atomic mass is 35.5. The van der Waals surface area contributed by atoms with E-state index in [1.165, 1.54) is 0 Å². The molecule has 6 nitrogen and oxygen atoms in total. The van der Waals surface area contributed by atoms with E-state index in [1.54, 1.807) is 41.1 Å². The number of H-pyrrole nitrogens is 1. The van der Waals surface area contributed by atoms with Crippen LogP contribution in [0.4, 0.5) is 5.82 Å². The molecule has 8 heteroatoms. The van der Waals surface area contributed by atoms with Crippen LogP contribution in [0.25, 0.3) is 11.4 Å². The van der Waals surface area contributed by atoms with Gasteiger partial charge in [-0.3, -0.25) is 14.5 Å². The third-order valence-electron chi connectivity index (χ3n) is 3.09. The minimum atomic E-state index is -0.239. The quantitative estimate of drug-likeness (QED) is 0.711. The summed E-state index contributed by atoms with van der Waals surface area (Å²) in [5.74, 6) is 0.819. The van der Waals surface area contributed by atoms with Crippen LogP contribution in [-0.4, -0.2) is 25.7 Å². The van der Waals surface area contributed by atoms with Crippen LogP contribution in [0.2, 0.25) is 5.02 Å². The minimum Gasteiger partial charge on any atom is -0.309 e. The van der Waals surface area contributed by atoms with Crippen LogP contribution in [0.15, 0.2) is 48.7 Å². The topological polar surface area (TPSA) is 75.6 Å². The molecule has 1 amide bonds. The van der Waals surface area contributed by atoms with Gasteiger partial charge in [0.25, 0.3) is 0 Å². The molecule has 2 heterocycles. The molecule has 0 unspecified atom stereocenters. The van der Waals surface area contributed by atoms with Crippen LogP contribution in [0.1, 0.15) is 0 Å². The van der Waals surface area contributed by atoms with Crippen molar-refractivity contribution in [1.29, 1.82) is 0 Å². The number of pyridine rings is 1. The number of nitrogens with one attached hydrogen (secondary N) is 2. The zero-order valence-corrected chi connectivity index (χ0v) is 13.4. The van der Waals surface area contributed by atoms with E-state index < -0.39 is 0 Å². The number of anilines is 1. The van der Waals surface area contributed by atoms with Crippen molar-refractivity contribution in [3.05, 3.63) is 58.5 Å². The van der Waals surface area contributed by atoms with Crippen molar-refractivity contribution in [2.45, 2.75) is 6.54 Å². The average molecular weight is 346 g/mol. The second kappa shape index (κ2) is 6.72. The highest BCUT2D eigenvalue weighted by Gasteiger charge is 2.12. The van der Waals surface area contributed by atoms with Gasteiger partial charge in [0.05, 0.1) is 0 Å². The average Bonchev–Trinajstić information content (AvgIpc) is 2.90. The molecule has 0 bridgehead atoms. The molecule has 2 N–H and O–H groups in total. The summed E-state index contributed by atoms with van der Waals surface area (Å²) in [6.45, 7) is 0.0316. The largest absolute Gasteiger partial charge is 0.309 e. The molecular formula is C15H12ClN5OS. The van der Waals surface area contributed by atoms with E-state index in [1.807, 2.05) is 12.1 Å². The maximum atomic E-state index is 12.2. The van der Waals surface area contributed by atoms with Gasteiger partial charge in [0.2, 0.25) is 5.91 Å². The summed E-state index contributed by atoms with van der Waals surface area (Å²) >= 11 is 11.1. The van der Waals surface area contributed by atoms with Crippen molar-refractivity contribution < 1.29 is 4.79 Å². The lowest BCUT2D eigenvalue weighted by Gasteiger charge is -2.07. The van der Waals surface area contributed by atoms with Crippen LogP contribution in [0, 0.1) is 4.77 Å². The number of carbonyl (C=O) groups excluding carboxylic acids is 1. The molecule has 2 aromatic heterocycles. The Kier molecular flexibility index (Phi) is 4.50. The fourth-order valence-electron chi connectivity index (χ4n) is 2.05. The lowest BCUT2D eigenvalue weighted by Crippen LogP contribution is -2.20. The fourth-order valence-corrected chi connectivity index (χ4v) is 2.37. The third-order valence-corrected chi connectivity index (χ3v) is 3.66. The number of carbonyl (C=O) groups is 1. The Morgan fingerprint density at radius 3 is 2.74 bits per heavy atom. The lowest BCUT2D eigenvalue weighted by molar-refractivity contribution is -0.116. The first-order valence-corrected chi connectivity index (χ1v) is 7.54. The van der Waals surface area contributed by atoms with Gasteiger partial charge in [-0.1, -0.05) is 17.7 Å². The minimum absolute atomic E-state index is 0.0316.